The summed E-state index contributed by atoms with van der Waals surface area (Å²) in [6.45, 7) is 0.981. The van der Waals surface area contributed by atoms with E-state index in [9.17, 15) is 0 Å². The first kappa shape index (κ1) is 12.7. The second-order valence-corrected chi connectivity index (χ2v) is 5.68. The van der Waals surface area contributed by atoms with Gasteiger partial charge in [-0.15, -0.1) is 0 Å². The summed E-state index contributed by atoms with van der Waals surface area (Å²) in [5.74, 6) is 0.807. The molecule has 1 aliphatic rings. The molecule has 102 valence electrons. The Bertz CT molecular complexity index is 526. The minimum Gasteiger partial charge on any atom is -0.315 e. The minimum atomic E-state index is 0.545. The first-order chi connectivity index (χ1) is 9.38. The van der Waals surface area contributed by atoms with Crippen molar-refractivity contribution >= 4 is 10.9 Å². The number of para-hydroxylation sites is 1. The van der Waals surface area contributed by atoms with Gasteiger partial charge in [-0.3, -0.25) is 4.68 Å². The highest BCUT2D eigenvalue weighted by Gasteiger charge is 2.23. The number of nitrogens with one attached hydrogen (secondary N) is 1. The Morgan fingerprint density at radius 3 is 2.84 bits per heavy atom. The topological polar surface area (TPSA) is 29.9 Å². The molecular weight excluding hydrogens is 234 g/mol. The highest BCUT2D eigenvalue weighted by Crippen LogP contribution is 2.27. The van der Waals surface area contributed by atoms with Crippen LogP contribution in [0.3, 0.4) is 0 Å². The fourth-order valence-electron chi connectivity index (χ4n) is 3.37. The van der Waals surface area contributed by atoms with Crippen LogP contribution in [0.1, 0.15) is 32.1 Å². The molecule has 0 radical (unpaired) electrons. The SMILES string of the molecule is CNC(Cn1ncc2ccccc21)C1CCCCC1. The van der Waals surface area contributed by atoms with Crippen molar-refractivity contribution in [3.05, 3.63) is 30.5 Å². The van der Waals surface area contributed by atoms with E-state index in [4.69, 9.17) is 0 Å². The number of rotatable bonds is 4. The Balaban J connectivity index is 1.78. The summed E-state index contributed by atoms with van der Waals surface area (Å²) in [6.07, 6.45) is 8.90. The van der Waals surface area contributed by atoms with E-state index in [0.717, 1.165) is 12.5 Å². The third-order valence-electron chi connectivity index (χ3n) is 4.51. The van der Waals surface area contributed by atoms with Gasteiger partial charge in [0.05, 0.1) is 18.3 Å². The summed E-state index contributed by atoms with van der Waals surface area (Å²) in [4.78, 5) is 0. The lowest BCUT2D eigenvalue weighted by Gasteiger charge is -2.30. The molecule has 0 saturated heterocycles. The number of benzene rings is 1. The van der Waals surface area contributed by atoms with Crippen molar-refractivity contribution in [2.45, 2.75) is 44.7 Å². The number of fused-ring (bicyclic) bond motifs is 1. The van der Waals surface area contributed by atoms with Crippen molar-refractivity contribution in [3.63, 3.8) is 0 Å². The molecule has 1 heterocycles. The second kappa shape index (κ2) is 5.74. The molecule has 1 atom stereocenters. The van der Waals surface area contributed by atoms with Crippen LogP contribution >= 0.6 is 0 Å². The van der Waals surface area contributed by atoms with Crippen LogP contribution in [0.15, 0.2) is 30.5 Å². The van der Waals surface area contributed by atoms with E-state index in [2.05, 4.69) is 46.4 Å². The molecule has 1 fully saturated rings. The number of hydrogen-bond donors (Lipinski definition) is 1. The van der Waals surface area contributed by atoms with Gasteiger partial charge in [-0.1, -0.05) is 37.5 Å². The molecule has 1 N–H and O–H groups in total. The lowest BCUT2D eigenvalue weighted by atomic mass is 9.84. The molecule has 1 aromatic heterocycles. The Kier molecular flexibility index (Phi) is 3.83. The summed E-state index contributed by atoms with van der Waals surface area (Å²) in [5, 5.41) is 9.31. The van der Waals surface area contributed by atoms with Crippen molar-refractivity contribution in [1.82, 2.24) is 15.1 Å². The van der Waals surface area contributed by atoms with E-state index in [1.807, 2.05) is 6.20 Å². The summed E-state index contributed by atoms with van der Waals surface area (Å²) in [5.41, 5.74) is 1.25. The van der Waals surface area contributed by atoms with Crippen molar-refractivity contribution < 1.29 is 0 Å². The van der Waals surface area contributed by atoms with Crippen molar-refractivity contribution in [3.8, 4) is 0 Å². The van der Waals surface area contributed by atoms with Gasteiger partial charge >= 0.3 is 0 Å². The van der Waals surface area contributed by atoms with E-state index < -0.39 is 0 Å². The number of hydrogen-bond acceptors (Lipinski definition) is 2. The van der Waals surface area contributed by atoms with E-state index in [1.165, 1.54) is 43.0 Å². The molecule has 0 amide bonds. The highest BCUT2D eigenvalue weighted by atomic mass is 15.3. The molecule has 1 aromatic carbocycles. The highest BCUT2D eigenvalue weighted by molar-refractivity contribution is 5.78. The van der Waals surface area contributed by atoms with E-state index in [1.54, 1.807) is 0 Å². The van der Waals surface area contributed by atoms with Crippen LogP contribution in [0.4, 0.5) is 0 Å². The fourth-order valence-corrected chi connectivity index (χ4v) is 3.37. The molecule has 1 saturated carbocycles. The van der Waals surface area contributed by atoms with Gasteiger partial charge in [0, 0.05) is 11.4 Å². The van der Waals surface area contributed by atoms with Crippen LogP contribution in [0.25, 0.3) is 10.9 Å². The van der Waals surface area contributed by atoms with Crippen molar-refractivity contribution in [2.24, 2.45) is 5.92 Å². The molecule has 0 spiro atoms. The average molecular weight is 257 g/mol. The number of aromatic nitrogens is 2. The first-order valence-corrected chi connectivity index (χ1v) is 7.46. The Morgan fingerprint density at radius 2 is 2.05 bits per heavy atom. The maximum Gasteiger partial charge on any atom is 0.0683 e. The van der Waals surface area contributed by atoms with Gasteiger partial charge in [0.1, 0.15) is 0 Å². The van der Waals surface area contributed by atoms with Crippen LogP contribution in [-0.2, 0) is 6.54 Å². The molecule has 19 heavy (non-hydrogen) atoms. The third kappa shape index (κ3) is 2.66. The first-order valence-electron chi connectivity index (χ1n) is 7.46. The molecule has 0 aliphatic heterocycles. The van der Waals surface area contributed by atoms with Crippen LogP contribution in [0, 0.1) is 5.92 Å². The minimum absolute atomic E-state index is 0.545. The predicted octanol–water partition coefficient (Wildman–Crippen LogP) is 3.20. The second-order valence-electron chi connectivity index (χ2n) is 5.68. The van der Waals surface area contributed by atoms with Crippen molar-refractivity contribution in [1.29, 1.82) is 0 Å². The zero-order chi connectivity index (χ0) is 13.1. The van der Waals surface area contributed by atoms with Crippen LogP contribution < -0.4 is 5.32 Å². The van der Waals surface area contributed by atoms with Crippen LogP contribution in [0.5, 0.6) is 0 Å². The summed E-state index contributed by atoms with van der Waals surface area (Å²) < 4.78 is 2.16. The van der Waals surface area contributed by atoms with E-state index >= 15 is 0 Å². The number of likely N-dealkylation sites (N-methyl/N-ethyl adjacent to an activating group) is 1. The van der Waals surface area contributed by atoms with Crippen LogP contribution in [-0.4, -0.2) is 22.9 Å². The van der Waals surface area contributed by atoms with Gasteiger partial charge in [-0.05, 0) is 31.9 Å². The maximum atomic E-state index is 4.55. The quantitative estimate of drug-likeness (QED) is 0.911. The summed E-state index contributed by atoms with van der Waals surface area (Å²) in [6, 6.07) is 9.01. The molecule has 2 aromatic rings. The molecule has 3 nitrogen and oxygen atoms in total. The monoisotopic (exact) mass is 257 g/mol. The van der Waals surface area contributed by atoms with Gasteiger partial charge in [-0.2, -0.15) is 5.10 Å². The average Bonchev–Trinajstić information content (AvgIpc) is 2.89. The van der Waals surface area contributed by atoms with Crippen LogP contribution in [0.2, 0.25) is 0 Å². The van der Waals surface area contributed by atoms with Crippen molar-refractivity contribution in [2.75, 3.05) is 7.05 Å². The lowest BCUT2D eigenvalue weighted by Crippen LogP contribution is -2.38. The van der Waals surface area contributed by atoms with Gasteiger partial charge in [0.2, 0.25) is 0 Å². The largest absolute Gasteiger partial charge is 0.315 e. The Hall–Kier alpha value is -1.35. The molecule has 0 bridgehead atoms. The van der Waals surface area contributed by atoms with E-state index in [0.29, 0.717) is 6.04 Å². The molecular formula is C16H23N3. The van der Waals surface area contributed by atoms with Gasteiger partial charge in [0.15, 0.2) is 0 Å². The Morgan fingerprint density at radius 1 is 1.26 bits per heavy atom. The Labute approximate surface area is 115 Å². The lowest BCUT2D eigenvalue weighted by molar-refractivity contribution is 0.254. The standard InChI is InChI=1S/C16H23N3/c1-17-15(13-7-3-2-4-8-13)12-19-16-10-6-5-9-14(16)11-18-19/h5-6,9-11,13,15,17H,2-4,7-8,12H2,1H3. The van der Waals surface area contributed by atoms with Gasteiger partial charge in [-0.25, -0.2) is 0 Å². The smallest absolute Gasteiger partial charge is 0.0683 e. The third-order valence-corrected chi connectivity index (χ3v) is 4.51. The predicted molar refractivity (Wildman–Crippen MR) is 79.2 cm³/mol. The molecule has 3 rings (SSSR count). The zero-order valence-corrected chi connectivity index (χ0v) is 11.7. The normalized spacial score (nSPS) is 18.8. The van der Waals surface area contributed by atoms with Gasteiger partial charge < -0.3 is 5.32 Å². The van der Waals surface area contributed by atoms with E-state index in [-0.39, 0.29) is 0 Å². The molecule has 1 aliphatic carbocycles. The maximum absolute atomic E-state index is 4.55. The molecule has 3 heteroatoms. The zero-order valence-electron chi connectivity index (χ0n) is 11.7. The number of nitrogens with zero attached hydrogens (tertiary/aromatic N) is 2. The summed E-state index contributed by atoms with van der Waals surface area (Å²) >= 11 is 0. The summed E-state index contributed by atoms with van der Waals surface area (Å²) in [7, 11) is 2.09. The molecule has 1 unspecified atom stereocenters. The fraction of sp³-hybridized carbons (Fsp3) is 0.562. The van der Waals surface area contributed by atoms with Gasteiger partial charge in [0.25, 0.3) is 0 Å².